The highest BCUT2D eigenvalue weighted by molar-refractivity contribution is 7.14. The Morgan fingerprint density at radius 1 is 1.07 bits per heavy atom. The highest BCUT2D eigenvalue weighted by atomic mass is 32.1. The van der Waals surface area contributed by atoms with Crippen molar-refractivity contribution in [3.05, 3.63) is 76.3 Å². The largest absolute Gasteiger partial charge is 0.459 e. The number of carbonyl (C=O) groups is 2. The van der Waals surface area contributed by atoms with Crippen molar-refractivity contribution in [2.75, 3.05) is 4.90 Å². The maximum absolute atomic E-state index is 12.3. The van der Waals surface area contributed by atoms with Crippen LogP contribution in [0.1, 0.15) is 29.3 Å². The van der Waals surface area contributed by atoms with Crippen molar-refractivity contribution in [2.45, 2.75) is 33.8 Å². The van der Waals surface area contributed by atoms with Crippen LogP contribution in [0.25, 0.3) is 0 Å². The van der Waals surface area contributed by atoms with Crippen molar-refractivity contribution in [1.82, 2.24) is 4.98 Å². The number of amides is 1. The second kappa shape index (κ2) is 8.80. The number of benzene rings is 2. The SMILES string of the molecule is CC(=O)N(c1nc(COC(=O)Cc2ccccc2)cs1)c1cccc(C)c1C. The number of anilines is 2. The summed E-state index contributed by atoms with van der Waals surface area (Å²) in [5.74, 6) is -0.422. The van der Waals surface area contributed by atoms with E-state index in [0.29, 0.717) is 10.8 Å². The Labute approximate surface area is 168 Å². The summed E-state index contributed by atoms with van der Waals surface area (Å²) in [5.41, 5.74) is 4.48. The summed E-state index contributed by atoms with van der Waals surface area (Å²) in [6, 6.07) is 15.3. The predicted octanol–water partition coefficient (Wildman–Crippen LogP) is 4.73. The summed E-state index contributed by atoms with van der Waals surface area (Å²) in [7, 11) is 0. The Balaban J connectivity index is 1.70. The zero-order valence-corrected chi connectivity index (χ0v) is 17.0. The van der Waals surface area contributed by atoms with Gasteiger partial charge in [0.25, 0.3) is 0 Å². The summed E-state index contributed by atoms with van der Waals surface area (Å²) < 4.78 is 5.34. The third kappa shape index (κ3) is 4.64. The van der Waals surface area contributed by atoms with E-state index in [1.54, 1.807) is 4.90 Å². The van der Waals surface area contributed by atoms with Crippen LogP contribution < -0.4 is 4.90 Å². The lowest BCUT2D eigenvalue weighted by atomic mass is 10.1. The molecule has 0 radical (unpaired) electrons. The summed E-state index contributed by atoms with van der Waals surface area (Å²) in [6.45, 7) is 5.60. The summed E-state index contributed by atoms with van der Waals surface area (Å²) in [6.07, 6.45) is 0.222. The average Bonchev–Trinajstić information content (AvgIpc) is 3.13. The number of ether oxygens (including phenoxy) is 1. The van der Waals surface area contributed by atoms with Crippen LogP contribution >= 0.6 is 11.3 Å². The van der Waals surface area contributed by atoms with Crippen molar-refractivity contribution in [3.8, 4) is 0 Å². The molecular weight excluding hydrogens is 372 g/mol. The van der Waals surface area contributed by atoms with E-state index >= 15 is 0 Å². The fraction of sp³-hybridized carbons (Fsp3) is 0.227. The second-order valence-corrected chi connectivity index (χ2v) is 7.35. The Morgan fingerprint density at radius 3 is 2.54 bits per heavy atom. The van der Waals surface area contributed by atoms with Gasteiger partial charge in [-0.15, -0.1) is 11.3 Å². The topological polar surface area (TPSA) is 59.5 Å². The van der Waals surface area contributed by atoms with E-state index in [9.17, 15) is 9.59 Å². The first kappa shape index (κ1) is 19.8. The monoisotopic (exact) mass is 394 g/mol. The molecule has 2 aromatic carbocycles. The molecule has 1 heterocycles. The Morgan fingerprint density at radius 2 is 1.82 bits per heavy atom. The lowest BCUT2D eigenvalue weighted by Gasteiger charge is -2.21. The van der Waals surface area contributed by atoms with Gasteiger partial charge in [-0.1, -0.05) is 42.5 Å². The molecule has 28 heavy (non-hydrogen) atoms. The van der Waals surface area contributed by atoms with Gasteiger partial charge in [0.15, 0.2) is 5.13 Å². The standard InChI is InChI=1S/C22H22N2O3S/c1-15-8-7-11-20(16(15)2)24(17(3)25)22-23-19(14-28-22)13-27-21(26)12-18-9-5-4-6-10-18/h4-11,14H,12-13H2,1-3H3. The van der Waals surface area contributed by atoms with Gasteiger partial charge in [-0.2, -0.15) is 0 Å². The third-order valence-corrected chi connectivity index (χ3v) is 5.31. The first-order valence-electron chi connectivity index (χ1n) is 8.96. The number of esters is 1. The molecule has 144 valence electrons. The zero-order chi connectivity index (χ0) is 20.1. The van der Waals surface area contributed by atoms with Crippen molar-refractivity contribution in [1.29, 1.82) is 0 Å². The lowest BCUT2D eigenvalue weighted by Crippen LogP contribution is -2.23. The molecular formula is C22H22N2O3S. The molecule has 0 fully saturated rings. The molecule has 0 saturated heterocycles. The minimum Gasteiger partial charge on any atom is -0.459 e. The molecule has 0 aliphatic carbocycles. The zero-order valence-electron chi connectivity index (χ0n) is 16.1. The Hall–Kier alpha value is -2.99. The second-order valence-electron chi connectivity index (χ2n) is 6.52. The van der Waals surface area contributed by atoms with Gasteiger partial charge in [0.2, 0.25) is 5.91 Å². The van der Waals surface area contributed by atoms with Crippen molar-refractivity contribution in [2.24, 2.45) is 0 Å². The van der Waals surface area contributed by atoms with E-state index < -0.39 is 0 Å². The van der Waals surface area contributed by atoms with Crippen LogP contribution in [0.5, 0.6) is 0 Å². The number of hydrogen-bond acceptors (Lipinski definition) is 5. The number of rotatable bonds is 6. The number of nitrogens with zero attached hydrogens (tertiary/aromatic N) is 2. The third-order valence-electron chi connectivity index (χ3n) is 4.44. The molecule has 5 nitrogen and oxygen atoms in total. The number of carbonyl (C=O) groups excluding carboxylic acids is 2. The van der Waals surface area contributed by atoms with Crippen LogP contribution in [0, 0.1) is 13.8 Å². The molecule has 3 rings (SSSR count). The van der Waals surface area contributed by atoms with E-state index in [4.69, 9.17) is 4.74 Å². The van der Waals surface area contributed by atoms with Crippen LogP contribution in [0.4, 0.5) is 10.8 Å². The van der Waals surface area contributed by atoms with E-state index in [1.807, 2.05) is 67.8 Å². The van der Waals surface area contributed by atoms with Gasteiger partial charge in [-0.3, -0.25) is 14.5 Å². The molecule has 0 aliphatic heterocycles. The van der Waals surface area contributed by atoms with Crippen LogP contribution in [-0.2, 0) is 27.4 Å². The normalized spacial score (nSPS) is 10.5. The van der Waals surface area contributed by atoms with Gasteiger partial charge in [0.1, 0.15) is 6.61 Å². The van der Waals surface area contributed by atoms with Crippen molar-refractivity contribution in [3.63, 3.8) is 0 Å². The molecule has 0 atom stereocenters. The van der Waals surface area contributed by atoms with Gasteiger partial charge >= 0.3 is 5.97 Å². The molecule has 0 saturated carbocycles. The first-order chi connectivity index (χ1) is 13.5. The van der Waals surface area contributed by atoms with Crippen LogP contribution in [0.2, 0.25) is 0 Å². The number of aryl methyl sites for hydroxylation is 1. The highest BCUT2D eigenvalue weighted by Gasteiger charge is 2.20. The van der Waals surface area contributed by atoms with Crippen LogP contribution in [-0.4, -0.2) is 16.9 Å². The maximum Gasteiger partial charge on any atom is 0.310 e. The maximum atomic E-state index is 12.3. The Bertz CT molecular complexity index is 982. The molecule has 0 spiro atoms. The van der Waals surface area contributed by atoms with Crippen LogP contribution in [0.15, 0.2) is 53.9 Å². The molecule has 3 aromatic rings. The first-order valence-corrected chi connectivity index (χ1v) is 9.84. The lowest BCUT2D eigenvalue weighted by molar-refractivity contribution is -0.144. The molecule has 0 bridgehead atoms. The molecule has 0 unspecified atom stereocenters. The minimum absolute atomic E-state index is 0.0840. The van der Waals surface area contributed by atoms with E-state index in [-0.39, 0.29) is 24.9 Å². The molecule has 0 N–H and O–H groups in total. The molecule has 1 amide bonds. The van der Waals surface area contributed by atoms with Crippen LogP contribution in [0.3, 0.4) is 0 Å². The van der Waals surface area contributed by atoms with E-state index in [1.165, 1.54) is 18.3 Å². The van der Waals surface area contributed by atoms with Gasteiger partial charge in [-0.05, 0) is 36.6 Å². The van der Waals surface area contributed by atoms with E-state index in [0.717, 1.165) is 22.4 Å². The van der Waals surface area contributed by atoms with Crippen molar-refractivity contribution >= 4 is 34.0 Å². The minimum atomic E-state index is -0.307. The van der Waals surface area contributed by atoms with Gasteiger partial charge in [-0.25, -0.2) is 4.98 Å². The Kier molecular flexibility index (Phi) is 6.21. The summed E-state index contributed by atoms with van der Waals surface area (Å²) in [5, 5.41) is 2.38. The molecule has 0 aliphatic rings. The highest BCUT2D eigenvalue weighted by Crippen LogP contribution is 2.32. The number of thiazole rings is 1. The quantitative estimate of drug-likeness (QED) is 0.567. The molecule has 1 aromatic heterocycles. The summed E-state index contributed by atoms with van der Waals surface area (Å²) >= 11 is 1.35. The fourth-order valence-corrected chi connectivity index (χ4v) is 3.68. The predicted molar refractivity (Wildman–Crippen MR) is 111 cm³/mol. The number of aromatic nitrogens is 1. The van der Waals surface area contributed by atoms with Gasteiger partial charge < -0.3 is 4.74 Å². The van der Waals surface area contributed by atoms with Gasteiger partial charge in [0, 0.05) is 12.3 Å². The smallest absolute Gasteiger partial charge is 0.310 e. The molecule has 6 heteroatoms. The van der Waals surface area contributed by atoms with Gasteiger partial charge in [0.05, 0.1) is 17.8 Å². The van der Waals surface area contributed by atoms with E-state index in [2.05, 4.69) is 4.98 Å². The van der Waals surface area contributed by atoms with Crippen molar-refractivity contribution < 1.29 is 14.3 Å². The fourth-order valence-electron chi connectivity index (χ4n) is 2.82. The average molecular weight is 394 g/mol. The number of hydrogen-bond donors (Lipinski definition) is 0. The summed E-state index contributed by atoms with van der Waals surface area (Å²) in [4.78, 5) is 30.4.